The van der Waals surface area contributed by atoms with E-state index in [4.69, 9.17) is 0 Å². The van der Waals surface area contributed by atoms with E-state index in [1.807, 2.05) is 0 Å². The van der Waals surface area contributed by atoms with Crippen LogP contribution >= 0.6 is 0 Å². The molecule has 4 fully saturated rings. The summed E-state index contributed by atoms with van der Waals surface area (Å²) in [5.74, 6) is 3.50. The summed E-state index contributed by atoms with van der Waals surface area (Å²) in [7, 11) is 0. The highest BCUT2D eigenvalue weighted by molar-refractivity contribution is 5.93. The number of benzene rings is 5. The molecule has 0 saturated heterocycles. The topological polar surface area (TPSA) is 3.24 Å². The molecular formula is C48H47N. The average molecular weight is 638 g/mol. The van der Waals surface area contributed by atoms with Gasteiger partial charge >= 0.3 is 0 Å². The molecule has 244 valence electrons. The molecule has 0 N–H and O–H groups in total. The van der Waals surface area contributed by atoms with E-state index in [2.05, 4.69) is 148 Å². The third-order valence-electron chi connectivity index (χ3n) is 15.2. The highest BCUT2D eigenvalue weighted by atomic mass is 15.1. The second-order valence-electron chi connectivity index (χ2n) is 18.1. The van der Waals surface area contributed by atoms with Gasteiger partial charge in [-0.2, -0.15) is 0 Å². The standard InChI is InChI=1S/C48H47N/c1-45(2)22-23-46(3,4)41-28-35(19-21-40(41)45)49(33-14-9-6-10-15-33)34-18-20-39-38(27-34)37-17-11-16-36(31-12-7-5-8-13-31)44(37)48(39)42-25-30-24-32-26-43(48)47(32,42)29-30/h5-21,27-28,30,32,42-43H,22-26,29H2,1-4H3. The number of para-hydroxylation sites is 1. The predicted octanol–water partition coefficient (Wildman–Crippen LogP) is 12.5. The monoisotopic (exact) mass is 637 g/mol. The lowest BCUT2D eigenvalue weighted by Gasteiger charge is -2.76. The van der Waals surface area contributed by atoms with Gasteiger partial charge in [-0.3, -0.25) is 0 Å². The van der Waals surface area contributed by atoms with Gasteiger partial charge < -0.3 is 4.90 Å². The summed E-state index contributed by atoms with van der Waals surface area (Å²) in [5, 5.41) is 0. The number of nitrogens with zero attached hydrogens (tertiary/aromatic N) is 1. The van der Waals surface area contributed by atoms with E-state index in [-0.39, 0.29) is 16.2 Å². The second-order valence-corrected chi connectivity index (χ2v) is 18.1. The minimum absolute atomic E-state index is 0.153. The van der Waals surface area contributed by atoms with Gasteiger partial charge in [0.15, 0.2) is 0 Å². The smallest absolute Gasteiger partial charge is 0.0468 e. The molecular weight excluding hydrogens is 591 g/mol. The minimum atomic E-state index is 0.153. The van der Waals surface area contributed by atoms with Crippen molar-refractivity contribution in [3.63, 3.8) is 0 Å². The van der Waals surface area contributed by atoms with Crippen LogP contribution in [0, 0.1) is 29.1 Å². The van der Waals surface area contributed by atoms with Gasteiger partial charge in [0, 0.05) is 22.5 Å². The lowest BCUT2D eigenvalue weighted by molar-refractivity contribution is -0.231. The lowest BCUT2D eigenvalue weighted by atomic mass is 9.26. The van der Waals surface area contributed by atoms with E-state index in [0.29, 0.717) is 5.41 Å². The highest BCUT2D eigenvalue weighted by Crippen LogP contribution is 2.90. The first-order valence-electron chi connectivity index (χ1n) is 19.1. The molecule has 49 heavy (non-hydrogen) atoms. The van der Waals surface area contributed by atoms with Gasteiger partial charge in [-0.25, -0.2) is 0 Å². The first-order valence-corrected chi connectivity index (χ1v) is 19.1. The van der Waals surface area contributed by atoms with Crippen molar-refractivity contribution in [2.24, 2.45) is 29.1 Å². The van der Waals surface area contributed by atoms with Crippen LogP contribution in [0.3, 0.4) is 0 Å². The zero-order valence-electron chi connectivity index (χ0n) is 29.5. The summed E-state index contributed by atoms with van der Waals surface area (Å²) >= 11 is 0. The Morgan fingerprint density at radius 2 is 1.18 bits per heavy atom. The van der Waals surface area contributed by atoms with E-state index >= 15 is 0 Å². The third kappa shape index (κ3) is 3.43. The molecule has 1 nitrogen and oxygen atoms in total. The molecule has 6 aliphatic rings. The molecule has 4 saturated carbocycles. The van der Waals surface area contributed by atoms with Crippen molar-refractivity contribution in [1.29, 1.82) is 0 Å². The van der Waals surface area contributed by atoms with Crippen LogP contribution in [0.1, 0.15) is 88.5 Å². The molecule has 11 rings (SSSR count). The maximum atomic E-state index is 2.59. The van der Waals surface area contributed by atoms with Crippen molar-refractivity contribution in [2.45, 2.75) is 82.5 Å². The summed E-state index contributed by atoms with van der Waals surface area (Å²) in [5.41, 5.74) is 17.0. The molecule has 6 unspecified atom stereocenters. The van der Waals surface area contributed by atoms with Gasteiger partial charge in [0.05, 0.1) is 0 Å². The molecule has 2 spiro atoms. The molecule has 0 radical (unpaired) electrons. The Morgan fingerprint density at radius 1 is 0.531 bits per heavy atom. The van der Waals surface area contributed by atoms with Gasteiger partial charge in [0.25, 0.3) is 0 Å². The Kier molecular flexibility index (Phi) is 5.49. The van der Waals surface area contributed by atoms with Crippen LogP contribution in [0.25, 0.3) is 22.3 Å². The largest absolute Gasteiger partial charge is 0.310 e. The zero-order valence-corrected chi connectivity index (χ0v) is 29.5. The Balaban J connectivity index is 1.13. The average Bonchev–Trinajstić information content (AvgIpc) is 3.75. The second kappa shape index (κ2) is 9.36. The van der Waals surface area contributed by atoms with E-state index in [1.54, 1.807) is 11.1 Å². The van der Waals surface area contributed by atoms with E-state index < -0.39 is 0 Å². The highest BCUT2D eigenvalue weighted by Gasteiger charge is 2.84. The molecule has 6 atom stereocenters. The molecule has 5 aromatic carbocycles. The van der Waals surface area contributed by atoms with Crippen molar-refractivity contribution < 1.29 is 0 Å². The van der Waals surface area contributed by atoms with Crippen LogP contribution in [-0.2, 0) is 16.2 Å². The summed E-state index contributed by atoms with van der Waals surface area (Å²) in [4.78, 5) is 2.53. The van der Waals surface area contributed by atoms with E-state index in [9.17, 15) is 0 Å². The van der Waals surface area contributed by atoms with Gasteiger partial charge in [-0.1, -0.05) is 107 Å². The molecule has 0 aliphatic heterocycles. The molecule has 2 bridgehead atoms. The fourth-order valence-electron chi connectivity index (χ4n) is 13.2. The van der Waals surface area contributed by atoms with Crippen LogP contribution in [0.5, 0.6) is 0 Å². The normalized spacial score (nSPS) is 31.3. The maximum Gasteiger partial charge on any atom is 0.0468 e. The SMILES string of the molecule is CC1(C)CCC(C)(C)c2cc(N(c3ccccc3)c3ccc4c(c3)-c3cccc(-c5ccccc5)c3C43C4CC5CC6CC3C64C5)ccc21. The van der Waals surface area contributed by atoms with Crippen molar-refractivity contribution in [3.05, 3.63) is 138 Å². The Morgan fingerprint density at radius 3 is 1.94 bits per heavy atom. The summed E-state index contributed by atoms with van der Waals surface area (Å²) < 4.78 is 0. The fourth-order valence-corrected chi connectivity index (χ4v) is 13.2. The van der Waals surface area contributed by atoms with E-state index in [1.165, 1.54) is 89.0 Å². The van der Waals surface area contributed by atoms with Crippen LogP contribution < -0.4 is 4.90 Å². The number of anilines is 3. The van der Waals surface area contributed by atoms with Crippen LogP contribution in [0.4, 0.5) is 17.1 Å². The van der Waals surface area contributed by atoms with Crippen LogP contribution in [0.15, 0.2) is 115 Å². The molecule has 0 aromatic heterocycles. The van der Waals surface area contributed by atoms with Crippen LogP contribution in [0.2, 0.25) is 0 Å². The van der Waals surface area contributed by atoms with Gasteiger partial charge in [-0.05, 0) is 159 Å². The fraction of sp³-hybridized carbons (Fsp3) is 0.375. The predicted molar refractivity (Wildman–Crippen MR) is 203 cm³/mol. The third-order valence-corrected chi connectivity index (χ3v) is 15.2. The zero-order chi connectivity index (χ0) is 32.9. The number of hydrogen-bond donors (Lipinski definition) is 0. The molecule has 0 amide bonds. The number of fused-ring (bicyclic) bond motifs is 9. The molecule has 5 aromatic rings. The summed E-state index contributed by atoms with van der Waals surface area (Å²) in [6.45, 7) is 9.75. The summed E-state index contributed by atoms with van der Waals surface area (Å²) in [6.07, 6.45) is 8.30. The first-order chi connectivity index (χ1) is 23.7. The van der Waals surface area contributed by atoms with Crippen molar-refractivity contribution in [1.82, 2.24) is 0 Å². The van der Waals surface area contributed by atoms with Gasteiger partial charge in [-0.15, -0.1) is 0 Å². The quantitative estimate of drug-likeness (QED) is 0.189. The van der Waals surface area contributed by atoms with Crippen molar-refractivity contribution >= 4 is 17.1 Å². The summed E-state index contributed by atoms with van der Waals surface area (Å²) in [6, 6.07) is 44.6. The number of hydrogen-bond acceptors (Lipinski definition) is 1. The van der Waals surface area contributed by atoms with E-state index in [0.717, 1.165) is 23.7 Å². The van der Waals surface area contributed by atoms with Gasteiger partial charge in [0.2, 0.25) is 0 Å². The van der Waals surface area contributed by atoms with Crippen LogP contribution in [-0.4, -0.2) is 0 Å². The van der Waals surface area contributed by atoms with Crippen molar-refractivity contribution in [3.8, 4) is 22.3 Å². The number of rotatable bonds is 4. The Bertz CT molecular complexity index is 2170. The maximum absolute atomic E-state index is 2.59. The minimum Gasteiger partial charge on any atom is -0.310 e. The van der Waals surface area contributed by atoms with Crippen molar-refractivity contribution in [2.75, 3.05) is 4.90 Å². The lowest BCUT2D eigenvalue weighted by Crippen LogP contribution is -2.73. The molecule has 0 heterocycles. The Labute approximate surface area is 292 Å². The first kappa shape index (κ1) is 28.7. The van der Waals surface area contributed by atoms with Gasteiger partial charge in [0.1, 0.15) is 0 Å². The molecule has 6 aliphatic carbocycles. The molecule has 1 heteroatoms. The Hall–Kier alpha value is -4.10.